The topological polar surface area (TPSA) is 136 Å². The Kier molecular flexibility index (Phi) is 6.02. The minimum Gasteiger partial charge on any atom is -0.444 e. The number of rotatable bonds is 4. The number of hydrogen-bond donors (Lipinski definition) is 3. The number of amides is 2. The quantitative estimate of drug-likeness (QED) is 0.475. The number of ether oxygens (including phenoxy) is 1. The van der Waals surface area contributed by atoms with E-state index in [1.165, 1.54) is 0 Å². The number of nitrogens with one attached hydrogen (secondary N) is 1. The lowest BCUT2D eigenvalue weighted by molar-refractivity contribution is 0.0104. The SMILES string of the molecule is CC(C)(C)OC(=O)N1CC(Nc2nc(-c3ccc(Cl)c(Cl)c3)c3c(N)c(C(N)=O)sc3n2)C1. The lowest BCUT2D eigenvalue weighted by Crippen LogP contribution is -2.58. The lowest BCUT2D eigenvalue weighted by atomic mass is 10.1. The molecule has 9 nitrogen and oxygen atoms in total. The highest BCUT2D eigenvalue weighted by atomic mass is 35.5. The normalized spacial score (nSPS) is 14.3. The number of benzene rings is 1. The highest BCUT2D eigenvalue weighted by Crippen LogP contribution is 2.40. The molecule has 0 saturated carbocycles. The van der Waals surface area contributed by atoms with E-state index in [1.807, 2.05) is 20.8 Å². The van der Waals surface area contributed by atoms with Crippen molar-refractivity contribution in [2.75, 3.05) is 24.1 Å². The maximum Gasteiger partial charge on any atom is 0.410 e. The number of primary amides is 1. The van der Waals surface area contributed by atoms with Gasteiger partial charge < -0.3 is 26.4 Å². The largest absolute Gasteiger partial charge is 0.444 e. The highest BCUT2D eigenvalue weighted by molar-refractivity contribution is 7.21. The number of aromatic nitrogens is 2. The standard InChI is InChI=1S/C21H22Cl2N6O3S/c1-21(2,3)32-20(31)29-7-10(8-29)26-19-27-15(9-4-5-11(22)12(23)6-9)13-14(24)16(17(25)30)33-18(13)28-19/h4-6,10H,7-8,24H2,1-3H3,(H2,25,30)(H,26,27,28). The van der Waals surface area contributed by atoms with Gasteiger partial charge in [-0.25, -0.2) is 14.8 Å². The molecular formula is C21H22Cl2N6O3S. The summed E-state index contributed by atoms with van der Waals surface area (Å²) in [5.41, 5.74) is 12.5. The van der Waals surface area contributed by atoms with Crippen LogP contribution in [-0.4, -0.2) is 51.6 Å². The summed E-state index contributed by atoms with van der Waals surface area (Å²) in [6.45, 7) is 6.35. The van der Waals surface area contributed by atoms with Gasteiger partial charge in [-0.15, -0.1) is 11.3 Å². The molecule has 1 aliphatic rings. The summed E-state index contributed by atoms with van der Waals surface area (Å²) in [4.78, 5) is 35.5. The summed E-state index contributed by atoms with van der Waals surface area (Å²) < 4.78 is 5.38. The molecule has 3 aromatic rings. The smallest absolute Gasteiger partial charge is 0.410 e. The van der Waals surface area contributed by atoms with Crippen LogP contribution < -0.4 is 16.8 Å². The van der Waals surface area contributed by atoms with Crippen LogP contribution in [0, 0.1) is 0 Å². The number of likely N-dealkylation sites (tertiary alicyclic amines) is 1. The molecule has 12 heteroatoms. The van der Waals surface area contributed by atoms with E-state index in [0.29, 0.717) is 50.6 Å². The van der Waals surface area contributed by atoms with E-state index in [1.54, 1.807) is 23.1 Å². The fourth-order valence-corrected chi connectivity index (χ4v) is 4.59. The van der Waals surface area contributed by atoms with Crippen LogP contribution in [-0.2, 0) is 4.74 Å². The number of thiophene rings is 1. The third-order valence-corrected chi connectivity index (χ3v) is 6.72. The molecule has 1 fully saturated rings. The van der Waals surface area contributed by atoms with E-state index < -0.39 is 11.5 Å². The Hall–Kier alpha value is -2.82. The zero-order chi connectivity index (χ0) is 24.1. The second-order valence-electron chi connectivity index (χ2n) is 8.64. The van der Waals surface area contributed by atoms with Crippen molar-refractivity contribution in [2.24, 2.45) is 5.73 Å². The van der Waals surface area contributed by atoms with Gasteiger partial charge in [0.15, 0.2) is 0 Å². The van der Waals surface area contributed by atoms with Gasteiger partial charge in [-0.2, -0.15) is 0 Å². The van der Waals surface area contributed by atoms with Gasteiger partial charge in [-0.1, -0.05) is 29.3 Å². The van der Waals surface area contributed by atoms with Gasteiger partial charge in [0.2, 0.25) is 5.95 Å². The first-order valence-corrected chi connectivity index (χ1v) is 11.6. The number of nitrogens with two attached hydrogens (primary N) is 2. The van der Waals surface area contributed by atoms with Crippen molar-refractivity contribution >= 4 is 68.4 Å². The fourth-order valence-electron chi connectivity index (χ4n) is 3.35. The summed E-state index contributed by atoms with van der Waals surface area (Å²) >= 11 is 13.4. The van der Waals surface area contributed by atoms with Crippen LogP contribution in [0.2, 0.25) is 10.0 Å². The summed E-state index contributed by atoms with van der Waals surface area (Å²) in [6.07, 6.45) is -0.370. The molecular weight excluding hydrogens is 487 g/mol. The van der Waals surface area contributed by atoms with Gasteiger partial charge in [-0.05, 0) is 32.9 Å². The summed E-state index contributed by atoms with van der Waals surface area (Å²) in [5.74, 6) is -0.313. The Morgan fingerprint density at radius 2 is 1.91 bits per heavy atom. The first-order valence-electron chi connectivity index (χ1n) is 10.0. The Morgan fingerprint density at radius 3 is 2.52 bits per heavy atom. The van der Waals surface area contributed by atoms with Crippen LogP contribution in [0.25, 0.3) is 21.5 Å². The number of carbonyl (C=O) groups excluding carboxylic acids is 2. The zero-order valence-electron chi connectivity index (χ0n) is 18.1. The number of fused-ring (bicyclic) bond motifs is 1. The van der Waals surface area contributed by atoms with Crippen molar-refractivity contribution in [3.63, 3.8) is 0 Å². The third kappa shape index (κ3) is 4.78. The summed E-state index contributed by atoms with van der Waals surface area (Å²) in [7, 11) is 0. The molecule has 0 atom stereocenters. The molecule has 33 heavy (non-hydrogen) atoms. The molecule has 2 aromatic heterocycles. The second-order valence-corrected chi connectivity index (χ2v) is 10.5. The molecule has 4 rings (SSSR count). The minimum atomic E-state index is -0.642. The van der Waals surface area contributed by atoms with Crippen molar-refractivity contribution in [1.29, 1.82) is 0 Å². The van der Waals surface area contributed by atoms with Crippen molar-refractivity contribution in [1.82, 2.24) is 14.9 Å². The predicted octanol–water partition coefficient (Wildman–Crippen LogP) is 4.38. The molecule has 0 unspecified atom stereocenters. The Balaban J connectivity index is 1.65. The van der Waals surface area contributed by atoms with Crippen LogP contribution in [0.3, 0.4) is 0 Å². The Labute approximate surface area is 204 Å². The lowest BCUT2D eigenvalue weighted by Gasteiger charge is -2.39. The van der Waals surface area contributed by atoms with Crippen molar-refractivity contribution < 1.29 is 14.3 Å². The minimum absolute atomic E-state index is 0.0652. The average molecular weight is 509 g/mol. The molecule has 1 aliphatic heterocycles. The fraction of sp³-hybridized carbons (Fsp3) is 0.333. The molecule has 0 bridgehead atoms. The van der Waals surface area contributed by atoms with E-state index in [2.05, 4.69) is 15.3 Å². The molecule has 0 radical (unpaired) electrons. The molecule has 5 N–H and O–H groups in total. The number of hydrogen-bond acceptors (Lipinski definition) is 8. The van der Waals surface area contributed by atoms with Gasteiger partial charge in [0.1, 0.15) is 15.3 Å². The average Bonchev–Trinajstić information content (AvgIpc) is 3.01. The molecule has 0 spiro atoms. The molecule has 2 amide bonds. The number of anilines is 2. The van der Waals surface area contributed by atoms with Crippen LogP contribution in [0.5, 0.6) is 0 Å². The van der Waals surface area contributed by atoms with E-state index in [-0.39, 0.29) is 22.7 Å². The first-order chi connectivity index (χ1) is 15.4. The Morgan fingerprint density at radius 1 is 1.21 bits per heavy atom. The maximum absolute atomic E-state index is 12.2. The number of nitrogens with zero attached hydrogens (tertiary/aromatic N) is 3. The first kappa shape index (κ1) is 23.3. The number of nitrogen functional groups attached to an aromatic ring is 1. The van der Waals surface area contributed by atoms with Crippen molar-refractivity contribution in [3.8, 4) is 11.3 Å². The molecule has 1 aromatic carbocycles. The maximum atomic E-state index is 12.2. The molecule has 1 saturated heterocycles. The number of halogens is 2. The summed E-state index contributed by atoms with van der Waals surface area (Å²) in [5, 5.41) is 4.50. The van der Waals surface area contributed by atoms with Crippen LogP contribution in [0.15, 0.2) is 18.2 Å². The van der Waals surface area contributed by atoms with Gasteiger partial charge >= 0.3 is 6.09 Å². The molecule has 3 heterocycles. The van der Waals surface area contributed by atoms with E-state index in [9.17, 15) is 9.59 Å². The highest BCUT2D eigenvalue weighted by Gasteiger charge is 2.34. The predicted molar refractivity (Wildman–Crippen MR) is 131 cm³/mol. The van der Waals surface area contributed by atoms with Crippen LogP contribution >= 0.6 is 34.5 Å². The van der Waals surface area contributed by atoms with Gasteiger partial charge in [0.25, 0.3) is 5.91 Å². The monoisotopic (exact) mass is 508 g/mol. The number of carbonyl (C=O) groups is 2. The molecule has 0 aliphatic carbocycles. The van der Waals surface area contributed by atoms with E-state index in [4.69, 9.17) is 39.4 Å². The van der Waals surface area contributed by atoms with Gasteiger partial charge in [-0.3, -0.25) is 4.79 Å². The summed E-state index contributed by atoms with van der Waals surface area (Å²) in [6, 6.07) is 5.02. The second kappa shape index (κ2) is 8.51. The van der Waals surface area contributed by atoms with Crippen LogP contribution in [0.4, 0.5) is 16.4 Å². The Bertz CT molecular complexity index is 1270. The zero-order valence-corrected chi connectivity index (χ0v) is 20.4. The van der Waals surface area contributed by atoms with Gasteiger partial charge in [0, 0.05) is 18.7 Å². The van der Waals surface area contributed by atoms with Crippen molar-refractivity contribution in [2.45, 2.75) is 32.4 Å². The van der Waals surface area contributed by atoms with Crippen molar-refractivity contribution in [3.05, 3.63) is 33.1 Å². The molecule has 174 valence electrons. The van der Waals surface area contributed by atoms with Crippen LogP contribution in [0.1, 0.15) is 30.4 Å². The van der Waals surface area contributed by atoms with Gasteiger partial charge in [0.05, 0.1) is 32.9 Å². The van der Waals surface area contributed by atoms with E-state index in [0.717, 1.165) is 11.3 Å². The third-order valence-electron chi connectivity index (χ3n) is 4.87. The van der Waals surface area contributed by atoms with E-state index >= 15 is 0 Å².